The van der Waals surface area contributed by atoms with Gasteiger partial charge in [-0.3, -0.25) is 14.4 Å². The van der Waals surface area contributed by atoms with Crippen LogP contribution in [0.4, 0.5) is 4.79 Å². The lowest BCUT2D eigenvalue weighted by atomic mass is 10.0. The normalized spacial score (nSPS) is 11.7. The number of aryl methyl sites for hydroxylation is 2. The Morgan fingerprint density at radius 2 is 1.00 bits per heavy atom. The maximum atomic E-state index is 12.7. The summed E-state index contributed by atoms with van der Waals surface area (Å²) in [5.41, 5.74) is 3.96. The second-order valence-electron chi connectivity index (χ2n) is 13.0. The van der Waals surface area contributed by atoms with Crippen LogP contribution in [0.5, 0.6) is 17.2 Å². The summed E-state index contributed by atoms with van der Waals surface area (Å²) >= 11 is 0. The molecule has 2 atom stereocenters. The van der Waals surface area contributed by atoms with E-state index in [1.165, 1.54) is 6.92 Å². The lowest BCUT2D eigenvalue weighted by Crippen LogP contribution is -2.43. The van der Waals surface area contributed by atoms with Crippen LogP contribution in [-0.2, 0) is 60.8 Å². The van der Waals surface area contributed by atoms with Crippen molar-refractivity contribution in [1.29, 1.82) is 0 Å². The molecule has 0 saturated carbocycles. The third-order valence-corrected chi connectivity index (χ3v) is 8.58. The van der Waals surface area contributed by atoms with Gasteiger partial charge in [-0.25, -0.2) is 14.4 Å². The first-order valence-corrected chi connectivity index (χ1v) is 18.2. The van der Waals surface area contributed by atoms with Gasteiger partial charge in [-0.2, -0.15) is 0 Å². The number of nitrogens with one attached hydrogen (secondary N) is 2. The first-order chi connectivity index (χ1) is 26.9. The van der Waals surface area contributed by atoms with Crippen LogP contribution in [0.2, 0.25) is 0 Å². The summed E-state index contributed by atoms with van der Waals surface area (Å²) in [7, 11) is 1.58. The number of hydrogen-bond acceptors (Lipinski definition) is 10. The number of carbonyl (C=O) groups excluding carboxylic acids is 5. The number of rotatable bonds is 20. The second-order valence-corrected chi connectivity index (χ2v) is 13.0. The number of amides is 2. The third kappa shape index (κ3) is 14.4. The van der Waals surface area contributed by atoms with Gasteiger partial charge in [-0.15, -0.1) is 0 Å². The Morgan fingerprint density at radius 1 is 0.589 bits per heavy atom. The molecule has 294 valence electrons. The van der Waals surface area contributed by atoms with E-state index >= 15 is 0 Å². The predicted molar refractivity (Wildman–Crippen MR) is 206 cm³/mol. The summed E-state index contributed by atoms with van der Waals surface area (Å²) in [4.78, 5) is 73.6. The molecule has 4 aromatic carbocycles. The highest BCUT2D eigenvalue weighted by Crippen LogP contribution is 2.19. The monoisotopic (exact) mass is 766 g/mol. The molecule has 13 nitrogen and oxygen atoms in total. The first kappa shape index (κ1) is 42.2. The number of carboxylic acid groups (broad SMARTS) is 1. The van der Waals surface area contributed by atoms with Crippen molar-refractivity contribution in [2.24, 2.45) is 0 Å². The van der Waals surface area contributed by atoms with Crippen molar-refractivity contribution >= 4 is 35.7 Å². The zero-order chi connectivity index (χ0) is 40.5. The van der Waals surface area contributed by atoms with Crippen LogP contribution in [0, 0.1) is 0 Å². The van der Waals surface area contributed by atoms with Crippen molar-refractivity contribution in [2.75, 3.05) is 13.7 Å². The molecular formula is C43H46N2O11. The van der Waals surface area contributed by atoms with E-state index < -0.39 is 36.1 Å². The Labute approximate surface area is 325 Å². The molecule has 56 heavy (non-hydrogen) atoms. The van der Waals surface area contributed by atoms with E-state index in [4.69, 9.17) is 18.9 Å². The quantitative estimate of drug-likeness (QED) is 0.0777. The number of carboxylic acids is 1. The highest BCUT2D eigenvalue weighted by molar-refractivity contribution is 5.85. The molecule has 0 aliphatic heterocycles. The van der Waals surface area contributed by atoms with E-state index in [1.54, 1.807) is 86.8 Å². The molecule has 0 aliphatic carbocycles. The molecule has 3 N–H and O–H groups in total. The van der Waals surface area contributed by atoms with E-state index in [0.717, 1.165) is 28.0 Å². The molecule has 4 rings (SSSR count). The molecule has 0 fully saturated rings. The van der Waals surface area contributed by atoms with Gasteiger partial charge in [0.25, 0.3) is 0 Å². The average molecular weight is 767 g/mol. The summed E-state index contributed by atoms with van der Waals surface area (Å²) in [6, 6.07) is 25.3. The number of benzene rings is 4. The SMILES string of the molecule is CCOC(=O)C(Cc1ccc(OC(=O)Oc2ccc(CCC(=O)NC(Cc3ccc(CC(C)=O)cc3)C(=O)O)cc2)cc1)NC(=O)CCc1ccc(OC)cc1. The largest absolute Gasteiger partial charge is 0.519 e. The van der Waals surface area contributed by atoms with E-state index in [-0.39, 0.29) is 55.5 Å². The topological polar surface area (TPSA) is 184 Å². The summed E-state index contributed by atoms with van der Waals surface area (Å²) < 4.78 is 20.9. The molecule has 0 saturated heterocycles. The van der Waals surface area contributed by atoms with Crippen molar-refractivity contribution in [2.45, 2.75) is 70.9 Å². The standard InChI is InChI=1S/C43H46N2O11/c1-4-54-42(51)38(45-40(48)24-16-29-9-17-34(53-3)18-10-29)27-33-13-21-36(22-14-33)56-43(52)55-35-19-11-30(12-20-35)15-23-39(47)44-37(41(49)50)26-32-7-5-31(6-8-32)25-28(2)46/h5-14,17-22,37-38H,4,15-16,23-27H2,1-3H3,(H,44,47)(H,45,48)(H,49,50). The van der Waals surface area contributed by atoms with Gasteiger partial charge in [0, 0.05) is 32.1 Å². The van der Waals surface area contributed by atoms with E-state index in [0.29, 0.717) is 24.8 Å². The minimum Gasteiger partial charge on any atom is -0.497 e. The smallest absolute Gasteiger partial charge is 0.497 e. The molecule has 0 bridgehead atoms. The number of methoxy groups -OCH3 is 1. The van der Waals surface area contributed by atoms with Gasteiger partial charge in [0.1, 0.15) is 35.1 Å². The highest BCUT2D eigenvalue weighted by Gasteiger charge is 2.23. The molecule has 4 aromatic rings. The van der Waals surface area contributed by atoms with Gasteiger partial charge in [-0.1, -0.05) is 60.7 Å². The van der Waals surface area contributed by atoms with Crippen LogP contribution in [0.1, 0.15) is 54.5 Å². The molecular weight excluding hydrogens is 720 g/mol. The lowest BCUT2D eigenvalue weighted by molar-refractivity contribution is -0.147. The van der Waals surface area contributed by atoms with Crippen LogP contribution >= 0.6 is 0 Å². The fraction of sp³-hybridized carbons (Fsp3) is 0.302. The zero-order valence-electron chi connectivity index (χ0n) is 31.6. The third-order valence-electron chi connectivity index (χ3n) is 8.58. The number of ether oxygens (including phenoxy) is 4. The van der Waals surface area contributed by atoms with Crippen molar-refractivity contribution in [1.82, 2.24) is 10.6 Å². The fourth-order valence-corrected chi connectivity index (χ4v) is 5.66. The number of Topliss-reactive ketones (excluding diaryl/α,β-unsaturated/α-hetero) is 1. The number of ketones is 1. The lowest BCUT2D eigenvalue weighted by Gasteiger charge is -2.18. The molecule has 0 radical (unpaired) electrons. The maximum Gasteiger partial charge on any atom is 0.519 e. The molecule has 0 aromatic heterocycles. The van der Waals surface area contributed by atoms with E-state index in [2.05, 4.69) is 10.6 Å². The molecule has 2 unspecified atom stereocenters. The Balaban J connectivity index is 1.21. The number of aliphatic carboxylic acids is 1. The predicted octanol–water partition coefficient (Wildman–Crippen LogP) is 5.37. The number of hydrogen-bond donors (Lipinski definition) is 3. The van der Waals surface area contributed by atoms with Crippen molar-refractivity contribution < 1.29 is 52.8 Å². The maximum absolute atomic E-state index is 12.7. The minimum atomic E-state index is -1.16. The van der Waals surface area contributed by atoms with Crippen LogP contribution in [0.25, 0.3) is 0 Å². The van der Waals surface area contributed by atoms with Gasteiger partial charge >= 0.3 is 18.1 Å². The van der Waals surface area contributed by atoms with Crippen LogP contribution < -0.4 is 24.8 Å². The summed E-state index contributed by atoms with van der Waals surface area (Å²) in [6.07, 6.45) is 0.585. The van der Waals surface area contributed by atoms with Crippen LogP contribution in [0.15, 0.2) is 97.1 Å². The molecule has 2 amide bonds. The van der Waals surface area contributed by atoms with Gasteiger partial charge in [0.2, 0.25) is 11.8 Å². The summed E-state index contributed by atoms with van der Waals surface area (Å²) in [5.74, 6) is -1.29. The van der Waals surface area contributed by atoms with Crippen molar-refractivity contribution in [3.05, 3.63) is 125 Å². The Kier molecular flexibility index (Phi) is 16.1. The molecule has 13 heteroatoms. The van der Waals surface area contributed by atoms with Gasteiger partial charge in [0.15, 0.2) is 0 Å². The number of esters is 1. The van der Waals surface area contributed by atoms with Gasteiger partial charge in [0.05, 0.1) is 13.7 Å². The summed E-state index contributed by atoms with van der Waals surface area (Å²) in [5, 5.41) is 15.0. The van der Waals surface area contributed by atoms with Gasteiger partial charge in [-0.05, 0) is 90.9 Å². The molecule has 0 spiro atoms. The van der Waals surface area contributed by atoms with E-state index in [1.807, 2.05) is 24.3 Å². The summed E-state index contributed by atoms with van der Waals surface area (Å²) in [6.45, 7) is 3.34. The molecule has 0 heterocycles. The Hall–Kier alpha value is -6.50. The van der Waals surface area contributed by atoms with E-state index in [9.17, 15) is 33.9 Å². The molecule has 0 aliphatic rings. The van der Waals surface area contributed by atoms with Crippen LogP contribution in [-0.4, -0.2) is 66.6 Å². The first-order valence-electron chi connectivity index (χ1n) is 18.2. The fourth-order valence-electron chi connectivity index (χ4n) is 5.66. The van der Waals surface area contributed by atoms with Crippen LogP contribution in [0.3, 0.4) is 0 Å². The Morgan fingerprint density at radius 3 is 1.45 bits per heavy atom. The average Bonchev–Trinajstić information content (AvgIpc) is 3.17. The highest BCUT2D eigenvalue weighted by atomic mass is 16.7. The number of carbonyl (C=O) groups is 6. The van der Waals surface area contributed by atoms with Gasteiger partial charge < -0.3 is 34.7 Å². The minimum absolute atomic E-state index is 0.0280. The Bertz CT molecular complexity index is 1940. The second kappa shape index (κ2) is 21.4. The zero-order valence-corrected chi connectivity index (χ0v) is 31.6. The van der Waals surface area contributed by atoms with Crippen molar-refractivity contribution in [3.8, 4) is 17.2 Å². The van der Waals surface area contributed by atoms with Crippen molar-refractivity contribution in [3.63, 3.8) is 0 Å².